The van der Waals surface area contributed by atoms with Crippen LogP contribution >= 0.6 is 23.2 Å². The molecule has 1 aromatic heterocycles. The second kappa shape index (κ2) is 5.90. The second-order valence-electron chi connectivity index (χ2n) is 3.81. The molecule has 20 heavy (non-hydrogen) atoms. The maximum atomic E-state index is 12.0. The van der Waals surface area contributed by atoms with Crippen LogP contribution in [0.15, 0.2) is 36.7 Å². The Labute approximate surface area is 124 Å². The molecule has 2 rings (SSSR count). The van der Waals surface area contributed by atoms with Crippen LogP contribution in [0.3, 0.4) is 0 Å². The fraction of sp³-hybridized carbons (Fsp3) is 0. The van der Waals surface area contributed by atoms with Crippen molar-refractivity contribution in [3.05, 3.63) is 57.8 Å². The van der Waals surface area contributed by atoms with Crippen molar-refractivity contribution >= 4 is 40.8 Å². The van der Waals surface area contributed by atoms with E-state index in [1.54, 1.807) is 6.07 Å². The van der Waals surface area contributed by atoms with Crippen molar-refractivity contribution in [2.75, 3.05) is 5.32 Å². The van der Waals surface area contributed by atoms with Gasteiger partial charge in [-0.3, -0.25) is 9.78 Å². The smallest absolute Gasteiger partial charge is 0.336 e. The van der Waals surface area contributed by atoms with Crippen LogP contribution in [0.2, 0.25) is 10.0 Å². The third-order valence-electron chi connectivity index (χ3n) is 2.47. The lowest BCUT2D eigenvalue weighted by Gasteiger charge is -2.08. The van der Waals surface area contributed by atoms with Gasteiger partial charge >= 0.3 is 5.97 Å². The summed E-state index contributed by atoms with van der Waals surface area (Å²) in [6, 6.07) is 5.81. The minimum absolute atomic E-state index is 0.0360. The van der Waals surface area contributed by atoms with Crippen LogP contribution in [0, 0.1) is 0 Å². The van der Waals surface area contributed by atoms with E-state index in [9.17, 15) is 9.59 Å². The lowest BCUT2D eigenvalue weighted by atomic mass is 10.1. The maximum Gasteiger partial charge on any atom is 0.336 e. The van der Waals surface area contributed by atoms with Crippen LogP contribution in [-0.2, 0) is 0 Å². The number of carboxylic acids is 1. The van der Waals surface area contributed by atoms with E-state index in [0.717, 1.165) is 0 Å². The Bertz CT molecular complexity index is 689. The zero-order valence-electron chi connectivity index (χ0n) is 9.93. The molecule has 1 heterocycles. The zero-order valence-corrected chi connectivity index (χ0v) is 11.4. The van der Waals surface area contributed by atoms with Gasteiger partial charge in [-0.15, -0.1) is 0 Å². The van der Waals surface area contributed by atoms with Gasteiger partial charge in [0.2, 0.25) is 0 Å². The minimum atomic E-state index is -1.20. The van der Waals surface area contributed by atoms with Crippen LogP contribution in [0.4, 0.5) is 5.69 Å². The minimum Gasteiger partial charge on any atom is -0.478 e. The zero-order chi connectivity index (χ0) is 14.7. The van der Waals surface area contributed by atoms with Gasteiger partial charge in [0, 0.05) is 18.1 Å². The molecule has 102 valence electrons. The molecule has 5 nitrogen and oxygen atoms in total. The first-order valence-electron chi connectivity index (χ1n) is 5.42. The predicted octanol–water partition coefficient (Wildman–Crippen LogP) is 3.34. The highest BCUT2D eigenvalue weighted by atomic mass is 35.5. The van der Waals surface area contributed by atoms with Crippen LogP contribution in [0.25, 0.3) is 0 Å². The fourth-order valence-corrected chi connectivity index (χ4v) is 1.83. The molecule has 0 aliphatic rings. The van der Waals surface area contributed by atoms with E-state index >= 15 is 0 Å². The molecular weight excluding hydrogens is 303 g/mol. The molecule has 0 aliphatic heterocycles. The van der Waals surface area contributed by atoms with E-state index in [-0.39, 0.29) is 16.1 Å². The summed E-state index contributed by atoms with van der Waals surface area (Å²) in [7, 11) is 0. The van der Waals surface area contributed by atoms with Gasteiger partial charge in [0.1, 0.15) is 0 Å². The Morgan fingerprint density at radius 1 is 1.10 bits per heavy atom. The molecule has 0 saturated carbocycles. The Morgan fingerprint density at radius 3 is 2.50 bits per heavy atom. The quantitative estimate of drug-likeness (QED) is 0.911. The molecule has 1 aromatic carbocycles. The van der Waals surface area contributed by atoms with Gasteiger partial charge in [0.05, 0.1) is 21.2 Å². The van der Waals surface area contributed by atoms with E-state index < -0.39 is 11.9 Å². The average Bonchev–Trinajstić information content (AvgIpc) is 2.43. The van der Waals surface area contributed by atoms with Crippen molar-refractivity contribution in [3.63, 3.8) is 0 Å². The number of anilines is 1. The van der Waals surface area contributed by atoms with E-state index in [1.165, 1.54) is 30.6 Å². The van der Waals surface area contributed by atoms with E-state index in [2.05, 4.69) is 10.3 Å². The Kier molecular flexibility index (Phi) is 4.22. The molecule has 2 aromatic rings. The predicted molar refractivity (Wildman–Crippen MR) is 75.6 cm³/mol. The molecule has 0 aliphatic carbocycles. The number of carboxylic acid groups (broad SMARTS) is 1. The number of aromatic nitrogens is 1. The monoisotopic (exact) mass is 310 g/mol. The van der Waals surface area contributed by atoms with Crippen LogP contribution in [0.5, 0.6) is 0 Å². The second-order valence-corrected chi connectivity index (χ2v) is 4.62. The number of aromatic carboxylic acids is 1. The van der Waals surface area contributed by atoms with Gasteiger partial charge in [-0.25, -0.2) is 4.79 Å². The van der Waals surface area contributed by atoms with Crippen molar-refractivity contribution in [1.29, 1.82) is 0 Å². The molecule has 0 unspecified atom stereocenters. The highest BCUT2D eigenvalue weighted by Gasteiger charge is 2.16. The van der Waals surface area contributed by atoms with Crippen molar-refractivity contribution in [3.8, 4) is 0 Å². The third kappa shape index (κ3) is 3.07. The number of nitrogens with zero attached hydrogens (tertiary/aromatic N) is 1. The van der Waals surface area contributed by atoms with Gasteiger partial charge < -0.3 is 10.4 Å². The normalized spacial score (nSPS) is 10.1. The molecule has 0 radical (unpaired) electrons. The summed E-state index contributed by atoms with van der Waals surface area (Å²) in [6.07, 6.45) is 2.50. The van der Waals surface area contributed by atoms with Gasteiger partial charge in [0.25, 0.3) is 5.91 Å². The number of benzene rings is 1. The molecule has 0 saturated heterocycles. The molecule has 0 fully saturated rings. The molecule has 2 N–H and O–H groups in total. The number of rotatable bonds is 3. The first-order valence-corrected chi connectivity index (χ1v) is 6.18. The Morgan fingerprint density at radius 2 is 1.85 bits per heavy atom. The summed E-state index contributed by atoms with van der Waals surface area (Å²) in [6.45, 7) is 0. The van der Waals surface area contributed by atoms with Crippen LogP contribution in [-0.4, -0.2) is 22.0 Å². The molecule has 0 atom stereocenters. The summed E-state index contributed by atoms with van der Waals surface area (Å²) in [5.74, 6) is -1.79. The topological polar surface area (TPSA) is 79.3 Å². The number of nitrogens with one attached hydrogen (secondary N) is 1. The summed E-state index contributed by atoms with van der Waals surface area (Å²) < 4.78 is 0. The summed E-state index contributed by atoms with van der Waals surface area (Å²) in [4.78, 5) is 26.8. The third-order valence-corrected chi connectivity index (χ3v) is 3.21. The van der Waals surface area contributed by atoms with Crippen LogP contribution in [0.1, 0.15) is 20.7 Å². The van der Waals surface area contributed by atoms with Crippen molar-refractivity contribution < 1.29 is 14.7 Å². The highest BCUT2D eigenvalue weighted by Crippen LogP contribution is 2.25. The molecule has 0 spiro atoms. The van der Waals surface area contributed by atoms with Crippen molar-refractivity contribution in [2.45, 2.75) is 0 Å². The van der Waals surface area contributed by atoms with Crippen molar-refractivity contribution in [2.24, 2.45) is 0 Å². The number of halogens is 2. The Hall–Kier alpha value is -2.11. The van der Waals surface area contributed by atoms with Crippen molar-refractivity contribution in [1.82, 2.24) is 4.98 Å². The summed E-state index contributed by atoms with van der Waals surface area (Å²) >= 11 is 11.6. The van der Waals surface area contributed by atoms with Gasteiger partial charge in [-0.2, -0.15) is 0 Å². The molecular formula is C13H8Cl2N2O3. The van der Waals surface area contributed by atoms with E-state index in [4.69, 9.17) is 28.3 Å². The standard InChI is InChI=1S/C13H8Cl2N2O3/c14-10-2-1-7(5-11(10)15)17-12(18)9-6-16-4-3-8(9)13(19)20/h1-6H,(H,17,18)(H,19,20). The van der Waals surface area contributed by atoms with Gasteiger partial charge in [-0.1, -0.05) is 23.2 Å². The van der Waals surface area contributed by atoms with E-state index in [1.807, 2.05) is 0 Å². The van der Waals surface area contributed by atoms with E-state index in [0.29, 0.717) is 10.7 Å². The molecule has 7 heteroatoms. The number of carbonyl (C=O) groups excluding carboxylic acids is 1. The number of amides is 1. The largest absolute Gasteiger partial charge is 0.478 e. The fourth-order valence-electron chi connectivity index (χ4n) is 1.53. The number of hydrogen-bond acceptors (Lipinski definition) is 3. The lowest BCUT2D eigenvalue weighted by Crippen LogP contribution is -2.16. The summed E-state index contributed by atoms with van der Waals surface area (Å²) in [5, 5.41) is 12.2. The lowest BCUT2D eigenvalue weighted by molar-refractivity contribution is 0.0692. The van der Waals surface area contributed by atoms with Crippen LogP contribution < -0.4 is 5.32 Å². The first-order chi connectivity index (χ1) is 9.49. The first kappa shape index (κ1) is 14.3. The Balaban J connectivity index is 2.28. The highest BCUT2D eigenvalue weighted by molar-refractivity contribution is 6.42. The van der Waals surface area contributed by atoms with Gasteiger partial charge in [-0.05, 0) is 24.3 Å². The SMILES string of the molecule is O=C(O)c1ccncc1C(=O)Nc1ccc(Cl)c(Cl)c1. The average molecular weight is 311 g/mol. The summed E-state index contributed by atoms with van der Waals surface area (Å²) in [5.41, 5.74) is 0.244. The number of pyridine rings is 1. The molecule has 0 bridgehead atoms. The number of carbonyl (C=O) groups is 2. The van der Waals surface area contributed by atoms with Gasteiger partial charge in [0.15, 0.2) is 0 Å². The molecule has 1 amide bonds. The maximum absolute atomic E-state index is 12.0. The number of hydrogen-bond donors (Lipinski definition) is 2.